The van der Waals surface area contributed by atoms with Crippen molar-refractivity contribution in [2.75, 3.05) is 4.90 Å². The summed E-state index contributed by atoms with van der Waals surface area (Å²) in [5, 5.41) is 3.03. The fraction of sp³-hybridized carbons (Fsp3) is 0.105. The van der Waals surface area contributed by atoms with Crippen molar-refractivity contribution in [2.24, 2.45) is 10.9 Å². The zero-order valence-corrected chi connectivity index (χ0v) is 15.8. The normalized spacial score (nSPS) is 17.3. The van der Waals surface area contributed by atoms with E-state index in [1.54, 1.807) is 48.5 Å². The average Bonchev–Trinajstić information content (AvgIpc) is 2.63. The van der Waals surface area contributed by atoms with Gasteiger partial charge in [0.25, 0.3) is 5.91 Å². The van der Waals surface area contributed by atoms with E-state index in [2.05, 4.69) is 10.3 Å². The Hall–Kier alpha value is -2.90. The van der Waals surface area contributed by atoms with Crippen molar-refractivity contribution in [3.63, 3.8) is 0 Å². The topological polar surface area (TPSA) is 78.8 Å². The van der Waals surface area contributed by atoms with Crippen LogP contribution in [-0.4, -0.2) is 28.9 Å². The number of rotatable bonds is 4. The smallest absolute Gasteiger partial charge is 0.251 e. The third-order valence-corrected chi connectivity index (χ3v) is 4.47. The molecule has 1 N–H and O–H groups in total. The van der Waals surface area contributed by atoms with Gasteiger partial charge in [-0.15, -0.1) is 0 Å². The summed E-state index contributed by atoms with van der Waals surface area (Å²) in [5.74, 6) is -2.23. The molecule has 1 fully saturated rings. The minimum atomic E-state index is -1.13. The fourth-order valence-electron chi connectivity index (χ4n) is 2.50. The SMILES string of the molecule is CC(=O)c1ccc(N=C[C@H]2C(=O)NC(=S)N(c3ccc(Cl)cc3)C2=O)cc1. The highest BCUT2D eigenvalue weighted by molar-refractivity contribution is 7.80. The summed E-state index contributed by atoms with van der Waals surface area (Å²) in [6.07, 6.45) is 1.27. The Morgan fingerprint density at radius 1 is 1.15 bits per heavy atom. The Morgan fingerprint density at radius 3 is 2.37 bits per heavy atom. The Morgan fingerprint density at radius 2 is 1.78 bits per heavy atom. The number of anilines is 1. The molecule has 0 unspecified atom stereocenters. The quantitative estimate of drug-likeness (QED) is 0.370. The molecule has 0 radical (unpaired) electrons. The summed E-state index contributed by atoms with van der Waals surface area (Å²) in [6, 6.07) is 13.1. The van der Waals surface area contributed by atoms with Crippen molar-refractivity contribution < 1.29 is 14.4 Å². The van der Waals surface area contributed by atoms with Gasteiger partial charge < -0.3 is 5.32 Å². The second kappa shape index (κ2) is 7.77. The van der Waals surface area contributed by atoms with Crippen LogP contribution < -0.4 is 10.2 Å². The van der Waals surface area contributed by atoms with Gasteiger partial charge in [0.05, 0.1) is 11.4 Å². The van der Waals surface area contributed by atoms with E-state index in [1.807, 2.05) is 0 Å². The number of halogens is 1. The number of nitrogens with one attached hydrogen (secondary N) is 1. The van der Waals surface area contributed by atoms with E-state index in [4.69, 9.17) is 23.8 Å². The third kappa shape index (κ3) is 4.10. The molecule has 1 heterocycles. The number of hydrogen-bond acceptors (Lipinski definition) is 5. The van der Waals surface area contributed by atoms with Crippen LogP contribution in [0.5, 0.6) is 0 Å². The van der Waals surface area contributed by atoms with Crippen LogP contribution in [0.1, 0.15) is 17.3 Å². The summed E-state index contributed by atoms with van der Waals surface area (Å²) in [4.78, 5) is 41.7. The van der Waals surface area contributed by atoms with Gasteiger partial charge in [-0.3, -0.25) is 24.3 Å². The lowest BCUT2D eigenvalue weighted by molar-refractivity contribution is -0.130. The van der Waals surface area contributed by atoms with Crippen LogP contribution in [0.4, 0.5) is 11.4 Å². The van der Waals surface area contributed by atoms with E-state index in [0.717, 1.165) is 0 Å². The van der Waals surface area contributed by atoms with Crippen LogP contribution in [0.15, 0.2) is 53.5 Å². The summed E-state index contributed by atoms with van der Waals surface area (Å²) in [7, 11) is 0. The largest absolute Gasteiger partial charge is 0.301 e. The number of benzene rings is 2. The van der Waals surface area contributed by atoms with Gasteiger partial charge in [0.1, 0.15) is 0 Å². The van der Waals surface area contributed by atoms with Crippen molar-refractivity contribution in [3.05, 3.63) is 59.1 Å². The lowest BCUT2D eigenvalue weighted by Crippen LogP contribution is -2.58. The maximum absolute atomic E-state index is 12.8. The summed E-state index contributed by atoms with van der Waals surface area (Å²) in [6.45, 7) is 1.47. The van der Waals surface area contributed by atoms with Gasteiger partial charge in [0.2, 0.25) is 5.91 Å². The molecule has 0 saturated carbocycles. The van der Waals surface area contributed by atoms with Crippen LogP contribution >= 0.6 is 23.8 Å². The van der Waals surface area contributed by atoms with Crippen LogP contribution in [0.2, 0.25) is 5.02 Å². The molecular weight excluding hydrogens is 386 g/mol. The van der Waals surface area contributed by atoms with Gasteiger partial charge in [-0.2, -0.15) is 0 Å². The van der Waals surface area contributed by atoms with Crippen molar-refractivity contribution in [2.45, 2.75) is 6.92 Å². The highest BCUT2D eigenvalue weighted by atomic mass is 35.5. The van der Waals surface area contributed by atoms with Crippen LogP contribution in [0, 0.1) is 5.92 Å². The van der Waals surface area contributed by atoms with E-state index in [0.29, 0.717) is 22.0 Å². The lowest BCUT2D eigenvalue weighted by Gasteiger charge is -2.30. The second-order valence-electron chi connectivity index (χ2n) is 5.80. The molecule has 2 aromatic rings. The number of nitrogens with zero attached hydrogens (tertiary/aromatic N) is 2. The van der Waals surface area contributed by atoms with Crippen molar-refractivity contribution in [1.82, 2.24) is 5.32 Å². The van der Waals surface area contributed by atoms with Gasteiger partial charge in [-0.1, -0.05) is 11.6 Å². The Kier molecular flexibility index (Phi) is 5.43. The van der Waals surface area contributed by atoms with Gasteiger partial charge in [0, 0.05) is 16.8 Å². The molecule has 1 aliphatic heterocycles. The van der Waals surface area contributed by atoms with E-state index in [1.165, 1.54) is 18.0 Å². The Balaban J connectivity index is 1.84. The Bertz CT molecular complexity index is 955. The molecule has 2 aromatic carbocycles. The first-order chi connectivity index (χ1) is 12.9. The Labute approximate surface area is 165 Å². The highest BCUT2D eigenvalue weighted by Gasteiger charge is 2.38. The molecule has 27 heavy (non-hydrogen) atoms. The molecule has 136 valence electrons. The van der Waals surface area contributed by atoms with Crippen LogP contribution in [0.25, 0.3) is 0 Å². The maximum Gasteiger partial charge on any atom is 0.251 e. The average molecular weight is 400 g/mol. The number of carbonyl (C=O) groups is 3. The van der Waals surface area contributed by atoms with Gasteiger partial charge in [-0.05, 0) is 67.7 Å². The molecule has 0 spiro atoms. The molecule has 1 aliphatic rings. The summed E-state index contributed by atoms with van der Waals surface area (Å²) < 4.78 is 0. The third-order valence-electron chi connectivity index (χ3n) is 3.93. The van der Waals surface area contributed by atoms with Crippen molar-refractivity contribution in [3.8, 4) is 0 Å². The first kappa shape index (κ1) is 18.9. The highest BCUT2D eigenvalue weighted by Crippen LogP contribution is 2.23. The molecule has 1 saturated heterocycles. The summed E-state index contributed by atoms with van der Waals surface area (Å²) in [5.41, 5.74) is 1.57. The van der Waals surface area contributed by atoms with Crippen LogP contribution in [0.3, 0.4) is 0 Å². The molecule has 8 heteroatoms. The van der Waals surface area contributed by atoms with Crippen LogP contribution in [-0.2, 0) is 9.59 Å². The minimum Gasteiger partial charge on any atom is -0.301 e. The predicted molar refractivity (Wildman–Crippen MR) is 108 cm³/mol. The second-order valence-corrected chi connectivity index (χ2v) is 6.63. The zero-order chi connectivity index (χ0) is 19.6. The van der Waals surface area contributed by atoms with E-state index in [9.17, 15) is 14.4 Å². The molecule has 6 nitrogen and oxygen atoms in total. The van der Waals surface area contributed by atoms with E-state index < -0.39 is 17.7 Å². The maximum atomic E-state index is 12.8. The van der Waals surface area contributed by atoms with E-state index >= 15 is 0 Å². The zero-order valence-electron chi connectivity index (χ0n) is 14.2. The van der Waals surface area contributed by atoms with Crippen molar-refractivity contribution in [1.29, 1.82) is 0 Å². The molecule has 0 aromatic heterocycles. The monoisotopic (exact) mass is 399 g/mol. The first-order valence-corrected chi connectivity index (χ1v) is 8.75. The predicted octanol–water partition coefficient (Wildman–Crippen LogP) is 3.31. The summed E-state index contributed by atoms with van der Waals surface area (Å²) >= 11 is 11.0. The molecular formula is C19H14ClN3O3S. The van der Waals surface area contributed by atoms with E-state index in [-0.39, 0.29) is 10.9 Å². The molecule has 0 aliphatic carbocycles. The fourth-order valence-corrected chi connectivity index (χ4v) is 2.92. The number of ketones is 1. The number of amides is 2. The number of thiocarbonyl (C=S) groups is 1. The standard InChI is InChI=1S/C19H14ClN3O3S/c1-11(24)12-2-6-14(7-3-12)21-10-16-17(25)22-19(27)23(18(16)26)15-8-4-13(20)5-9-15/h2-10,16H,1H3,(H,22,25,27)/t16-/m0/s1. The number of hydrogen-bond donors (Lipinski definition) is 1. The number of aliphatic imine (C=N–C) groups is 1. The number of Topliss-reactive ketones (excluding diaryl/α,β-unsaturated/α-hetero) is 1. The number of carbonyl (C=O) groups excluding carboxylic acids is 3. The van der Waals surface area contributed by atoms with Gasteiger partial charge >= 0.3 is 0 Å². The molecule has 0 bridgehead atoms. The van der Waals surface area contributed by atoms with Crippen molar-refractivity contribution >= 4 is 64.1 Å². The minimum absolute atomic E-state index is 0.00258. The molecule has 1 atom stereocenters. The molecule has 2 amide bonds. The first-order valence-electron chi connectivity index (χ1n) is 7.96. The van der Waals surface area contributed by atoms with Gasteiger partial charge in [0.15, 0.2) is 16.8 Å². The van der Waals surface area contributed by atoms with Gasteiger partial charge in [-0.25, -0.2) is 0 Å². The molecule has 3 rings (SSSR count). The lowest BCUT2D eigenvalue weighted by atomic mass is 10.1.